The number of anilines is 1. The van der Waals surface area contributed by atoms with Gasteiger partial charge < -0.3 is 20.1 Å². The highest BCUT2D eigenvalue weighted by atomic mass is 32.2. The summed E-state index contributed by atoms with van der Waals surface area (Å²) in [5, 5.41) is 15.1. The lowest BCUT2D eigenvalue weighted by Gasteiger charge is -2.31. The molecule has 1 fully saturated rings. The highest BCUT2D eigenvalue weighted by Crippen LogP contribution is 2.28. The van der Waals surface area contributed by atoms with Crippen molar-refractivity contribution in [3.63, 3.8) is 0 Å². The summed E-state index contributed by atoms with van der Waals surface area (Å²) in [5.74, 6) is 0.00163. The molecule has 4 rings (SSSR count). The number of hydrogen-bond donors (Lipinski definition) is 4. The molecular formula is C32H40N4O6S. The van der Waals surface area contributed by atoms with E-state index in [0.29, 0.717) is 51.0 Å². The van der Waals surface area contributed by atoms with Gasteiger partial charge in [-0.1, -0.05) is 55.0 Å². The smallest absolute Gasteiger partial charge is 0.411 e. The van der Waals surface area contributed by atoms with Crippen LogP contribution >= 0.6 is 0 Å². The molecule has 0 aliphatic carbocycles. The number of aromatic hydroxyl groups is 1. The number of amides is 2. The number of carbonyl (C=O) groups excluding carboxylic acids is 2. The van der Waals surface area contributed by atoms with Gasteiger partial charge in [0.15, 0.2) is 0 Å². The number of phenolic OH excluding ortho intramolecular Hbond substituents is 1. The molecule has 0 bridgehead atoms. The molecule has 1 saturated heterocycles. The van der Waals surface area contributed by atoms with Gasteiger partial charge in [0, 0.05) is 44.7 Å². The van der Waals surface area contributed by atoms with Crippen LogP contribution in [0.4, 0.5) is 10.5 Å². The van der Waals surface area contributed by atoms with Crippen molar-refractivity contribution in [2.45, 2.75) is 49.5 Å². The van der Waals surface area contributed by atoms with Crippen LogP contribution < -0.4 is 15.4 Å². The SMILES string of the molecule is O=C(CCN1CCC(OC(=O)Nc2ccccc2-c2ccccc2)CC1)NCCCCCNS(=O)(=O)c1ccc(O)cc1. The van der Waals surface area contributed by atoms with E-state index in [9.17, 15) is 23.1 Å². The number of nitrogens with one attached hydrogen (secondary N) is 3. The fourth-order valence-electron chi connectivity index (χ4n) is 4.92. The van der Waals surface area contributed by atoms with Gasteiger partial charge >= 0.3 is 6.09 Å². The topological polar surface area (TPSA) is 137 Å². The van der Waals surface area contributed by atoms with Crippen LogP contribution in [0.1, 0.15) is 38.5 Å². The van der Waals surface area contributed by atoms with E-state index in [1.165, 1.54) is 24.3 Å². The van der Waals surface area contributed by atoms with Crippen molar-refractivity contribution in [3.05, 3.63) is 78.9 Å². The third kappa shape index (κ3) is 10.4. The number of benzene rings is 3. The van der Waals surface area contributed by atoms with Crippen molar-refractivity contribution < 1.29 is 27.9 Å². The molecule has 10 nitrogen and oxygen atoms in total. The number of unbranched alkanes of at least 4 members (excludes halogenated alkanes) is 2. The molecule has 1 aliphatic heterocycles. The van der Waals surface area contributed by atoms with E-state index in [1.807, 2.05) is 54.6 Å². The van der Waals surface area contributed by atoms with Crippen LogP contribution in [0.25, 0.3) is 11.1 Å². The first-order valence-electron chi connectivity index (χ1n) is 14.7. The lowest BCUT2D eigenvalue weighted by atomic mass is 10.0. The lowest BCUT2D eigenvalue weighted by molar-refractivity contribution is -0.121. The van der Waals surface area contributed by atoms with Gasteiger partial charge in [-0.2, -0.15) is 0 Å². The van der Waals surface area contributed by atoms with Crippen LogP contribution in [0.3, 0.4) is 0 Å². The number of para-hydroxylation sites is 1. The molecule has 3 aromatic rings. The maximum atomic E-state index is 12.6. The minimum absolute atomic E-state index is 0.0112. The van der Waals surface area contributed by atoms with Crippen molar-refractivity contribution in [2.24, 2.45) is 0 Å². The molecule has 0 aromatic heterocycles. The van der Waals surface area contributed by atoms with Gasteiger partial charge in [0.1, 0.15) is 11.9 Å². The Kier molecular flexibility index (Phi) is 12.0. The molecule has 1 heterocycles. The second-order valence-corrected chi connectivity index (χ2v) is 12.3. The van der Waals surface area contributed by atoms with E-state index in [4.69, 9.17) is 4.74 Å². The number of phenols is 1. The van der Waals surface area contributed by atoms with E-state index in [2.05, 4.69) is 20.3 Å². The van der Waals surface area contributed by atoms with Crippen LogP contribution in [0.15, 0.2) is 83.8 Å². The fourth-order valence-corrected chi connectivity index (χ4v) is 5.99. The predicted octanol–water partition coefficient (Wildman–Crippen LogP) is 4.73. The van der Waals surface area contributed by atoms with E-state index in [-0.39, 0.29) is 22.7 Å². The Hall–Kier alpha value is -3.93. The van der Waals surface area contributed by atoms with Gasteiger partial charge in [-0.3, -0.25) is 10.1 Å². The Labute approximate surface area is 253 Å². The van der Waals surface area contributed by atoms with Crippen LogP contribution in [0.5, 0.6) is 5.75 Å². The number of piperidine rings is 1. The third-order valence-corrected chi connectivity index (χ3v) is 8.80. The summed E-state index contributed by atoms with van der Waals surface area (Å²) in [5.41, 5.74) is 2.66. The minimum Gasteiger partial charge on any atom is -0.508 e. The molecule has 0 atom stereocenters. The van der Waals surface area contributed by atoms with Crippen LogP contribution in [-0.4, -0.2) is 69.3 Å². The highest BCUT2D eigenvalue weighted by Gasteiger charge is 2.23. The first-order chi connectivity index (χ1) is 20.8. The first-order valence-corrected chi connectivity index (χ1v) is 16.2. The molecule has 0 saturated carbocycles. The second kappa shape index (κ2) is 16.1. The Morgan fingerprint density at radius 2 is 1.53 bits per heavy atom. The van der Waals surface area contributed by atoms with Gasteiger partial charge in [-0.25, -0.2) is 17.9 Å². The largest absolute Gasteiger partial charge is 0.508 e. The number of likely N-dealkylation sites (tertiary alicyclic amines) is 1. The highest BCUT2D eigenvalue weighted by molar-refractivity contribution is 7.89. The summed E-state index contributed by atoms with van der Waals surface area (Å²) in [6, 6.07) is 22.9. The third-order valence-electron chi connectivity index (χ3n) is 7.33. The van der Waals surface area contributed by atoms with Crippen molar-refractivity contribution in [2.75, 3.05) is 38.0 Å². The zero-order valence-corrected chi connectivity index (χ0v) is 25.0. The maximum Gasteiger partial charge on any atom is 0.411 e. The molecule has 230 valence electrons. The normalized spacial score (nSPS) is 14.2. The van der Waals surface area contributed by atoms with Crippen molar-refractivity contribution >= 4 is 27.7 Å². The standard InChI is InChI=1S/C32H40N4O6S/c37-26-13-15-28(16-14-26)43(40,41)34-21-8-2-7-20-33-31(38)19-24-36-22-17-27(18-23-36)42-32(39)35-30-12-6-5-11-29(30)25-9-3-1-4-10-25/h1,3-6,9-16,27,34,37H,2,7-8,17-24H2,(H,33,38)(H,35,39). The molecule has 2 amide bonds. The Morgan fingerprint density at radius 1 is 0.860 bits per heavy atom. The monoisotopic (exact) mass is 608 g/mol. The molecule has 3 aromatic carbocycles. The Bertz CT molecular complexity index is 1430. The predicted molar refractivity (Wildman–Crippen MR) is 166 cm³/mol. The van der Waals surface area contributed by atoms with Crippen molar-refractivity contribution in [1.82, 2.24) is 14.9 Å². The Balaban J connectivity index is 1.05. The van der Waals surface area contributed by atoms with Gasteiger partial charge in [-0.05, 0) is 61.6 Å². The van der Waals surface area contributed by atoms with Gasteiger partial charge in [0.25, 0.3) is 0 Å². The molecule has 0 unspecified atom stereocenters. The van der Waals surface area contributed by atoms with E-state index < -0.39 is 16.1 Å². The zero-order valence-electron chi connectivity index (χ0n) is 24.2. The van der Waals surface area contributed by atoms with Gasteiger partial charge in [0.2, 0.25) is 15.9 Å². The second-order valence-electron chi connectivity index (χ2n) is 10.5. The molecule has 11 heteroatoms. The summed E-state index contributed by atoms with van der Waals surface area (Å²) in [6.45, 7) is 3.01. The van der Waals surface area contributed by atoms with Crippen molar-refractivity contribution in [3.8, 4) is 16.9 Å². The lowest BCUT2D eigenvalue weighted by Crippen LogP contribution is -2.40. The molecule has 4 N–H and O–H groups in total. The number of ether oxygens (including phenoxy) is 1. The molecule has 43 heavy (non-hydrogen) atoms. The average Bonchev–Trinajstić information content (AvgIpc) is 3.01. The van der Waals surface area contributed by atoms with E-state index >= 15 is 0 Å². The van der Waals surface area contributed by atoms with Crippen LogP contribution in [-0.2, 0) is 19.6 Å². The summed E-state index contributed by atoms with van der Waals surface area (Å²) in [4.78, 5) is 27.2. The van der Waals surface area contributed by atoms with Gasteiger partial charge in [-0.15, -0.1) is 0 Å². The minimum atomic E-state index is -3.60. The van der Waals surface area contributed by atoms with Gasteiger partial charge in [0.05, 0.1) is 10.6 Å². The van der Waals surface area contributed by atoms with E-state index in [0.717, 1.165) is 37.1 Å². The molecular weight excluding hydrogens is 568 g/mol. The zero-order chi connectivity index (χ0) is 30.5. The summed E-state index contributed by atoms with van der Waals surface area (Å²) in [6.07, 6.45) is 3.38. The summed E-state index contributed by atoms with van der Waals surface area (Å²) < 4.78 is 32.7. The summed E-state index contributed by atoms with van der Waals surface area (Å²) in [7, 11) is -3.60. The quantitative estimate of drug-likeness (QED) is 0.194. The molecule has 0 radical (unpaired) electrons. The number of sulfonamides is 1. The number of rotatable bonds is 14. The number of carbonyl (C=O) groups is 2. The molecule has 1 aliphatic rings. The van der Waals surface area contributed by atoms with Crippen LogP contribution in [0.2, 0.25) is 0 Å². The number of nitrogens with zero attached hydrogens (tertiary/aromatic N) is 1. The maximum absolute atomic E-state index is 12.6. The number of hydrogen-bond acceptors (Lipinski definition) is 7. The molecule has 0 spiro atoms. The van der Waals surface area contributed by atoms with Crippen LogP contribution in [0, 0.1) is 0 Å². The Morgan fingerprint density at radius 3 is 2.28 bits per heavy atom. The fraction of sp³-hybridized carbons (Fsp3) is 0.375. The summed E-state index contributed by atoms with van der Waals surface area (Å²) >= 11 is 0. The first kappa shape index (κ1) is 32.0. The van der Waals surface area contributed by atoms with E-state index in [1.54, 1.807) is 0 Å². The van der Waals surface area contributed by atoms with Crippen molar-refractivity contribution in [1.29, 1.82) is 0 Å². The average molecular weight is 609 g/mol.